The number of amides is 1. The molecule has 0 saturated carbocycles. The van der Waals surface area contributed by atoms with E-state index in [1.165, 1.54) is 12.1 Å². The lowest BCUT2D eigenvalue weighted by Crippen LogP contribution is -2.28. The zero-order valence-corrected chi connectivity index (χ0v) is 26.5. The van der Waals surface area contributed by atoms with Gasteiger partial charge in [0.2, 0.25) is 0 Å². The second kappa shape index (κ2) is 14.3. The maximum Gasteiger partial charge on any atom is 0.318 e. The van der Waals surface area contributed by atoms with Gasteiger partial charge in [0.15, 0.2) is 0 Å². The molecule has 9 heteroatoms. The summed E-state index contributed by atoms with van der Waals surface area (Å²) in [5.74, 6) is -1.74. The molecule has 0 spiro atoms. The zero-order chi connectivity index (χ0) is 30.4. The van der Waals surface area contributed by atoms with Gasteiger partial charge in [-0.25, -0.2) is 4.39 Å². The molecule has 0 bridgehead atoms. The van der Waals surface area contributed by atoms with Crippen LogP contribution in [-0.2, 0) is 11.3 Å². The number of rotatable bonds is 12. The first-order valence-electron chi connectivity index (χ1n) is 13.7. The monoisotopic (exact) mass is 698 g/mol. The fourth-order valence-corrected chi connectivity index (χ4v) is 6.01. The Morgan fingerprint density at radius 1 is 0.905 bits per heavy atom. The van der Waals surface area contributed by atoms with Crippen molar-refractivity contribution in [2.24, 2.45) is 0 Å². The van der Waals surface area contributed by atoms with Crippen molar-refractivity contribution < 1.29 is 24.2 Å². The molecule has 42 heavy (non-hydrogen) atoms. The fraction of sp³-hybridized carbons (Fsp3) is 0.273. The molecule has 0 saturated heterocycles. The molecule has 6 nitrogen and oxygen atoms in total. The van der Waals surface area contributed by atoms with Crippen LogP contribution in [0.3, 0.4) is 0 Å². The van der Waals surface area contributed by atoms with Crippen LogP contribution in [0.5, 0.6) is 0 Å². The highest BCUT2D eigenvalue weighted by Gasteiger charge is 2.31. The van der Waals surface area contributed by atoms with Gasteiger partial charge in [-0.15, -0.1) is 0 Å². The third-order valence-corrected chi connectivity index (χ3v) is 9.67. The summed E-state index contributed by atoms with van der Waals surface area (Å²) >= 11 is 6.54. The number of alkyl halides is 2. The molecule has 0 fully saturated rings. The Bertz CT molecular complexity index is 1510. The number of hydrogen-bond donors (Lipinski definition) is 3. The summed E-state index contributed by atoms with van der Waals surface area (Å²) < 4.78 is 16.1. The number of aliphatic hydroxyl groups excluding tert-OH is 1. The van der Waals surface area contributed by atoms with E-state index in [4.69, 9.17) is 0 Å². The van der Waals surface area contributed by atoms with Crippen molar-refractivity contribution in [3.63, 3.8) is 0 Å². The standard InChI is InChI=1S/C33H33Br2FN2O4/c1-20(2)30-28(32(40)37-24-11-7-4-8-12-24)27(21-9-5-3-6-10-21)31(22-13-15-23(36)16-14-22)38(30)18-17-25(39)19-26(34)29(35)33(41)42/h3-16,20,25-26,29,39H,17-19H2,1-2H3,(H,37,40)(H,41,42)/t25-,26?,29?/m1/s1. The number of carboxylic acids is 1. The molecular weight excluding hydrogens is 667 g/mol. The van der Waals surface area contributed by atoms with E-state index in [1.807, 2.05) is 74.5 Å². The van der Waals surface area contributed by atoms with Gasteiger partial charge < -0.3 is 20.1 Å². The van der Waals surface area contributed by atoms with Crippen molar-refractivity contribution in [1.29, 1.82) is 0 Å². The van der Waals surface area contributed by atoms with E-state index < -0.39 is 21.7 Å². The van der Waals surface area contributed by atoms with Gasteiger partial charge in [0.05, 0.1) is 17.4 Å². The molecule has 1 aromatic heterocycles. The number of anilines is 1. The minimum atomic E-state index is -1.02. The zero-order valence-electron chi connectivity index (χ0n) is 23.3. The van der Waals surface area contributed by atoms with E-state index in [1.54, 1.807) is 12.1 Å². The summed E-state index contributed by atoms with van der Waals surface area (Å²) in [5.41, 5.74) is 4.99. The smallest absolute Gasteiger partial charge is 0.318 e. The maximum atomic E-state index is 14.1. The molecule has 3 N–H and O–H groups in total. The van der Waals surface area contributed by atoms with Gasteiger partial charge in [-0.3, -0.25) is 9.59 Å². The van der Waals surface area contributed by atoms with Crippen LogP contribution in [0.2, 0.25) is 0 Å². The van der Waals surface area contributed by atoms with Crippen LogP contribution >= 0.6 is 31.9 Å². The van der Waals surface area contributed by atoms with E-state index in [2.05, 4.69) is 41.7 Å². The van der Waals surface area contributed by atoms with E-state index in [9.17, 15) is 24.2 Å². The number of aromatic nitrogens is 1. The van der Waals surface area contributed by atoms with Crippen molar-refractivity contribution in [3.8, 4) is 22.4 Å². The number of aliphatic hydroxyl groups is 1. The average Bonchev–Trinajstić information content (AvgIpc) is 3.32. The molecule has 4 rings (SSSR count). The summed E-state index contributed by atoms with van der Waals surface area (Å²) in [7, 11) is 0. The lowest BCUT2D eigenvalue weighted by Gasteiger charge is -2.21. The van der Waals surface area contributed by atoms with E-state index >= 15 is 0 Å². The molecule has 2 unspecified atom stereocenters. The van der Waals surface area contributed by atoms with Crippen LogP contribution in [-0.4, -0.2) is 42.4 Å². The van der Waals surface area contributed by atoms with E-state index in [0.717, 1.165) is 28.1 Å². The van der Waals surface area contributed by atoms with Gasteiger partial charge in [-0.1, -0.05) is 94.2 Å². The number of nitrogens with one attached hydrogen (secondary N) is 1. The summed E-state index contributed by atoms with van der Waals surface area (Å²) in [4.78, 5) is 24.2. The first-order valence-corrected chi connectivity index (χ1v) is 15.5. The number of benzene rings is 3. The Morgan fingerprint density at radius 2 is 1.50 bits per heavy atom. The number of para-hydroxylation sites is 1. The van der Waals surface area contributed by atoms with Crippen LogP contribution in [0.1, 0.15) is 48.7 Å². The highest BCUT2D eigenvalue weighted by molar-refractivity contribution is 9.12. The molecule has 0 aliphatic rings. The molecular formula is C33H33Br2FN2O4. The molecule has 1 heterocycles. The predicted octanol–water partition coefficient (Wildman–Crippen LogP) is 8.09. The van der Waals surface area contributed by atoms with Crippen LogP contribution in [0.4, 0.5) is 10.1 Å². The van der Waals surface area contributed by atoms with Crippen molar-refractivity contribution in [1.82, 2.24) is 4.57 Å². The Hall–Kier alpha value is -3.27. The molecule has 0 aliphatic heterocycles. The van der Waals surface area contributed by atoms with Crippen LogP contribution in [0, 0.1) is 5.82 Å². The molecule has 4 aromatic rings. The molecule has 220 valence electrons. The minimum Gasteiger partial charge on any atom is -0.480 e. The van der Waals surface area contributed by atoms with Crippen molar-refractivity contribution in [2.45, 2.75) is 54.9 Å². The second-order valence-electron chi connectivity index (χ2n) is 10.4. The average molecular weight is 700 g/mol. The SMILES string of the molecule is CC(C)c1c(C(=O)Nc2ccccc2)c(-c2ccccc2)c(-c2ccc(F)cc2)n1CC[C@@H](O)CC(Br)C(Br)C(=O)O. The first-order chi connectivity index (χ1) is 20.1. The molecule has 0 aliphatic carbocycles. The van der Waals surface area contributed by atoms with E-state index in [-0.39, 0.29) is 24.1 Å². The summed E-state index contributed by atoms with van der Waals surface area (Å²) in [5, 5.41) is 23.3. The Balaban J connectivity index is 1.88. The number of carbonyl (C=O) groups excluding carboxylic acids is 1. The molecule has 1 amide bonds. The molecule has 3 aromatic carbocycles. The Kier molecular flexibility index (Phi) is 10.8. The quantitative estimate of drug-likeness (QED) is 0.130. The Labute approximate surface area is 261 Å². The first kappa shape index (κ1) is 31.7. The van der Waals surface area contributed by atoms with Crippen molar-refractivity contribution in [3.05, 3.63) is 102 Å². The lowest BCUT2D eigenvalue weighted by atomic mass is 9.94. The van der Waals surface area contributed by atoms with Gasteiger partial charge in [-0.2, -0.15) is 0 Å². The third-order valence-electron chi connectivity index (χ3n) is 7.03. The second-order valence-corrected chi connectivity index (χ2v) is 12.6. The number of carbonyl (C=O) groups is 2. The topological polar surface area (TPSA) is 91.6 Å². The maximum absolute atomic E-state index is 14.1. The number of aliphatic carboxylic acids is 1. The summed E-state index contributed by atoms with van der Waals surface area (Å²) in [6.45, 7) is 4.38. The summed E-state index contributed by atoms with van der Waals surface area (Å²) in [6.07, 6.45) is -0.309. The summed E-state index contributed by atoms with van der Waals surface area (Å²) in [6, 6.07) is 25.1. The predicted molar refractivity (Wildman–Crippen MR) is 172 cm³/mol. The third kappa shape index (κ3) is 7.38. The Morgan fingerprint density at radius 3 is 2.07 bits per heavy atom. The number of hydrogen-bond acceptors (Lipinski definition) is 3. The van der Waals surface area contributed by atoms with Crippen molar-refractivity contribution in [2.75, 3.05) is 5.32 Å². The van der Waals surface area contributed by atoms with Crippen LogP contribution in [0.15, 0.2) is 84.9 Å². The fourth-order valence-electron chi connectivity index (χ4n) is 5.14. The van der Waals surface area contributed by atoms with Gasteiger partial charge in [0.25, 0.3) is 5.91 Å². The minimum absolute atomic E-state index is 0.0850. The van der Waals surface area contributed by atoms with Crippen LogP contribution < -0.4 is 5.32 Å². The lowest BCUT2D eigenvalue weighted by molar-refractivity contribution is -0.136. The van der Waals surface area contributed by atoms with Crippen molar-refractivity contribution >= 4 is 49.4 Å². The van der Waals surface area contributed by atoms with E-state index in [0.29, 0.717) is 24.2 Å². The van der Waals surface area contributed by atoms with Gasteiger partial charge in [-0.05, 0) is 66.3 Å². The largest absolute Gasteiger partial charge is 0.480 e. The molecule has 0 radical (unpaired) electrons. The van der Waals surface area contributed by atoms with Gasteiger partial charge in [0.1, 0.15) is 10.6 Å². The number of carboxylic acid groups (broad SMARTS) is 1. The number of nitrogens with zero attached hydrogens (tertiary/aromatic N) is 1. The normalized spacial score (nSPS) is 13.5. The van der Waals surface area contributed by atoms with Gasteiger partial charge in [0, 0.05) is 28.3 Å². The number of halogens is 3. The van der Waals surface area contributed by atoms with Gasteiger partial charge >= 0.3 is 5.97 Å². The molecule has 3 atom stereocenters. The van der Waals surface area contributed by atoms with Crippen LogP contribution in [0.25, 0.3) is 22.4 Å². The highest BCUT2D eigenvalue weighted by atomic mass is 79.9. The highest BCUT2D eigenvalue weighted by Crippen LogP contribution is 2.42.